The zero-order chi connectivity index (χ0) is 19.3. The molecule has 5 heteroatoms. The summed E-state index contributed by atoms with van der Waals surface area (Å²) in [6, 6.07) is 27.3. The number of anilines is 3. The third-order valence-electron chi connectivity index (χ3n) is 4.46. The SMILES string of the molecule is Cc1c(C(=O)Nc2ccc(Nc3ccccc3)cc2)cnn1-c1ccccc1. The van der Waals surface area contributed by atoms with Crippen molar-refractivity contribution in [3.63, 3.8) is 0 Å². The van der Waals surface area contributed by atoms with Gasteiger partial charge < -0.3 is 10.6 Å². The van der Waals surface area contributed by atoms with E-state index in [1.54, 1.807) is 10.9 Å². The number of carbonyl (C=O) groups is 1. The lowest BCUT2D eigenvalue weighted by Gasteiger charge is -2.09. The molecule has 0 saturated carbocycles. The highest BCUT2D eigenvalue weighted by atomic mass is 16.1. The Morgan fingerprint density at radius 3 is 2.04 bits per heavy atom. The van der Waals surface area contributed by atoms with E-state index in [0.29, 0.717) is 5.56 Å². The van der Waals surface area contributed by atoms with Gasteiger partial charge in [0, 0.05) is 17.1 Å². The molecule has 1 aromatic heterocycles. The zero-order valence-electron chi connectivity index (χ0n) is 15.5. The lowest BCUT2D eigenvalue weighted by Crippen LogP contribution is -2.13. The van der Waals surface area contributed by atoms with Gasteiger partial charge in [0.2, 0.25) is 0 Å². The highest BCUT2D eigenvalue weighted by Gasteiger charge is 2.15. The van der Waals surface area contributed by atoms with Crippen molar-refractivity contribution in [2.75, 3.05) is 10.6 Å². The maximum Gasteiger partial charge on any atom is 0.259 e. The molecule has 0 saturated heterocycles. The van der Waals surface area contributed by atoms with Gasteiger partial charge in [-0.2, -0.15) is 5.10 Å². The van der Waals surface area contributed by atoms with Gasteiger partial charge in [0.25, 0.3) is 5.91 Å². The van der Waals surface area contributed by atoms with Gasteiger partial charge in [0.05, 0.1) is 23.1 Å². The largest absolute Gasteiger partial charge is 0.356 e. The fourth-order valence-corrected chi connectivity index (χ4v) is 2.99. The van der Waals surface area contributed by atoms with Crippen molar-refractivity contribution < 1.29 is 4.79 Å². The number of nitrogens with one attached hydrogen (secondary N) is 2. The van der Waals surface area contributed by atoms with E-state index in [0.717, 1.165) is 28.4 Å². The molecule has 0 unspecified atom stereocenters. The van der Waals surface area contributed by atoms with E-state index in [4.69, 9.17) is 0 Å². The fourth-order valence-electron chi connectivity index (χ4n) is 2.99. The number of amides is 1. The fraction of sp³-hybridized carbons (Fsp3) is 0.0435. The van der Waals surface area contributed by atoms with Crippen molar-refractivity contribution in [2.24, 2.45) is 0 Å². The number of hydrogen-bond acceptors (Lipinski definition) is 3. The van der Waals surface area contributed by atoms with Crippen LogP contribution in [0.25, 0.3) is 5.69 Å². The molecule has 138 valence electrons. The van der Waals surface area contributed by atoms with E-state index in [1.165, 1.54) is 0 Å². The smallest absolute Gasteiger partial charge is 0.259 e. The number of benzene rings is 3. The monoisotopic (exact) mass is 368 g/mol. The highest BCUT2D eigenvalue weighted by Crippen LogP contribution is 2.20. The first-order valence-electron chi connectivity index (χ1n) is 9.04. The topological polar surface area (TPSA) is 59.0 Å². The minimum atomic E-state index is -0.177. The zero-order valence-corrected chi connectivity index (χ0v) is 15.5. The summed E-state index contributed by atoms with van der Waals surface area (Å²) in [4.78, 5) is 12.7. The lowest BCUT2D eigenvalue weighted by atomic mass is 10.2. The van der Waals surface area contributed by atoms with Crippen LogP contribution in [0.15, 0.2) is 91.1 Å². The van der Waals surface area contributed by atoms with Crippen molar-refractivity contribution >= 4 is 23.0 Å². The predicted octanol–water partition coefficient (Wildman–Crippen LogP) is 5.18. The predicted molar refractivity (Wildman–Crippen MR) is 112 cm³/mol. The van der Waals surface area contributed by atoms with Gasteiger partial charge in [-0.25, -0.2) is 4.68 Å². The summed E-state index contributed by atoms with van der Waals surface area (Å²) >= 11 is 0. The molecule has 0 aliphatic rings. The van der Waals surface area contributed by atoms with Crippen LogP contribution in [0.2, 0.25) is 0 Å². The first kappa shape index (κ1) is 17.5. The van der Waals surface area contributed by atoms with E-state index in [-0.39, 0.29) is 5.91 Å². The summed E-state index contributed by atoms with van der Waals surface area (Å²) in [5, 5.41) is 10.6. The molecule has 4 rings (SSSR count). The van der Waals surface area contributed by atoms with Gasteiger partial charge in [-0.3, -0.25) is 4.79 Å². The Morgan fingerprint density at radius 2 is 1.36 bits per heavy atom. The van der Waals surface area contributed by atoms with Gasteiger partial charge in [-0.05, 0) is 55.5 Å². The van der Waals surface area contributed by atoms with E-state index >= 15 is 0 Å². The summed E-state index contributed by atoms with van der Waals surface area (Å²) in [6.45, 7) is 1.89. The Morgan fingerprint density at radius 1 is 0.786 bits per heavy atom. The maximum atomic E-state index is 12.7. The van der Waals surface area contributed by atoms with Crippen molar-refractivity contribution in [1.29, 1.82) is 0 Å². The maximum absolute atomic E-state index is 12.7. The molecule has 1 heterocycles. The summed E-state index contributed by atoms with van der Waals surface area (Å²) in [5.41, 5.74) is 4.98. The Hall–Kier alpha value is -3.86. The van der Waals surface area contributed by atoms with Crippen LogP contribution in [0, 0.1) is 6.92 Å². The molecule has 1 amide bonds. The van der Waals surface area contributed by atoms with Crippen molar-refractivity contribution in [3.05, 3.63) is 102 Å². The first-order valence-corrected chi connectivity index (χ1v) is 9.04. The quantitative estimate of drug-likeness (QED) is 0.510. The number of rotatable bonds is 5. The molecule has 0 aliphatic carbocycles. The van der Waals surface area contributed by atoms with E-state index in [1.807, 2.05) is 91.9 Å². The Labute approximate surface area is 163 Å². The van der Waals surface area contributed by atoms with Crippen molar-refractivity contribution in [3.8, 4) is 5.69 Å². The molecule has 0 radical (unpaired) electrons. The van der Waals surface area contributed by atoms with E-state index in [9.17, 15) is 4.79 Å². The van der Waals surface area contributed by atoms with E-state index < -0.39 is 0 Å². The second-order valence-corrected chi connectivity index (χ2v) is 6.41. The van der Waals surface area contributed by atoms with Crippen molar-refractivity contribution in [1.82, 2.24) is 9.78 Å². The molecule has 28 heavy (non-hydrogen) atoms. The average Bonchev–Trinajstić information content (AvgIpc) is 3.12. The van der Waals surface area contributed by atoms with Crippen LogP contribution >= 0.6 is 0 Å². The molecule has 5 nitrogen and oxygen atoms in total. The van der Waals surface area contributed by atoms with Gasteiger partial charge in [-0.1, -0.05) is 36.4 Å². The van der Waals surface area contributed by atoms with Crippen LogP contribution in [-0.4, -0.2) is 15.7 Å². The van der Waals surface area contributed by atoms with Crippen LogP contribution in [0.1, 0.15) is 16.1 Å². The first-order chi connectivity index (χ1) is 13.7. The third kappa shape index (κ3) is 3.78. The Kier molecular flexibility index (Phi) is 4.89. The van der Waals surface area contributed by atoms with Gasteiger partial charge in [-0.15, -0.1) is 0 Å². The normalized spacial score (nSPS) is 10.5. The number of aromatic nitrogens is 2. The minimum Gasteiger partial charge on any atom is -0.356 e. The molecular weight excluding hydrogens is 348 g/mol. The molecule has 0 atom stereocenters. The van der Waals surface area contributed by atoms with Gasteiger partial charge in [0.1, 0.15) is 0 Å². The van der Waals surface area contributed by atoms with E-state index in [2.05, 4.69) is 15.7 Å². The molecule has 0 aliphatic heterocycles. The molecule has 2 N–H and O–H groups in total. The summed E-state index contributed by atoms with van der Waals surface area (Å²) in [7, 11) is 0. The van der Waals surface area contributed by atoms with Gasteiger partial charge >= 0.3 is 0 Å². The minimum absolute atomic E-state index is 0.177. The molecule has 3 aromatic carbocycles. The molecule has 0 spiro atoms. The van der Waals surface area contributed by atoms with Crippen LogP contribution in [0.5, 0.6) is 0 Å². The second-order valence-electron chi connectivity index (χ2n) is 6.41. The average molecular weight is 368 g/mol. The molecule has 4 aromatic rings. The van der Waals surface area contributed by atoms with Gasteiger partial charge in [0.15, 0.2) is 0 Å². The molecule has 0 fully saturated rings. The summed E-state index contributed by atoms with van der Waals surface area (Å²) in [6.07, 6.45) is 1.60. The van der Waals surface area contributed by atoms with Crippen molar-refractivity contribution in [2.45, 2.75) is 6.92 Å². The van der Waals surface area contributed by atoms with Crippen LogP contribution in [0.3, 0.4) is 0 Å². The van der Waals surface area contributed by atoms with Crippen LogP contribution in [0.4, 0.5) is 17.1 Å². The summed E-state index contributed by atoms with van der Waals surface area (Å²) in [5.74, 6) is -0.177. The Bertz CT molecular complexity index is 1070. The lowest BCUT2D eigenvalue weighted by molar-refractivity contribution is 0.102. The summed E-state index contributed by atoms with van der Waals surface area (Å²) < 4.78 is 1.77. The number of carbonyl (C=O) groups excluding carboxylic acids is 1. The number of para-hydroxylation sites is 2. The highest BCUT2D eigenvalue weighted by molar-refractivity contribution is 6.05. The van der Waals surface area contributed by atoms with Crippen LogP contribution in [-0.2, 0) is 0 Å². The third-order valence-corrected chi connectivity index (χ3v) is 4.46. The Balaban J connectivity index is 1.46. The number of hydrogen-bond donors (Lipinski definition) is 2. The second kappa shape index (κ2) is 7.80. The number of nitrogens with zero attached hydrogens (tertiary/aromatic N) is 2. The standard InChI is InChI=1S/C23H20N4O/c1-17-22(16-24-27(17)21-10-6-3-7-11-21)23(28)26-20-14-12-19(13-15-20)25-18-8-4-2-5-9-18/h2-16,25H,1H3,(H,26,28). The van der Waals surface area contributed by atoms with Crippen LogP contribution < -0.4 is 10.6 Å². The molecular formula is C23H20N4O. The molecule has 0 bridgehead atoms.